The number of aryl methyl sites for hydroxylation is 1. The minimum Gasteiger partial charge on any atom is -0.478 e. The van der Waals surface area contributed by atoms with E-state index < -0.39 is 5.97 Å². The molecule has 0 amide bonds. The highest BCUT2D eigenvalue weighted by molar-refractivity contribution is 7.99. The molecule has 0 saturated heterocycles. The van der Waals surface area contributed by atoms with Crippen molar-refractivity contribution in [2.45, 2.75) is 24.2 Å². The molecule has 0 fully saturated rings. The number of hydrogen-bond donors (Lipinski definition) is 1. The van der Waals surface area contributed by atoms with Crippen molar-refractivity contribution in [2.75, 3.05) is 5.75 Å². The van der Waals surface area contributed by atoms with Gasteiger partial charge < -0.3 is 5.11 Å². The number of allylic oxidation sites excluding steroid dienone is 1. The topological polar surface area (TPSA) is 37.3 Å². The number of carboxylic acids is 1. The highest BCUT2D eigenvalue weighted by Gasteiger charge is 2.09. The zero-order valence-electron chi connectivity index (χ0n) is 8.98. The lowest BCUT2D eigenvalue weighted by molar-refractivity contribution is -0.131. The quantitative estimate of drug-likeness (QED) is 0.817. The Balaban J connectivity index is 2.08. The lowest BCUT2D eigenvalue weighted by atomic mass is 10.0. The third kappa shape index (κ3) is 2.89. The second-order valence-corrected chi connectivity index (χ2v) is 4.98. The number of fused-ring (bicyclic) bond motifs is 1. The number of rotatable bonds is 3. The largest absolute Gasteiger partial charge is 0.478 e. The van der Waals surface area contributed by atoms with Gasteiger partial charge in [0.05, 0.1) is 0 Å². The third-order valence-corrected chi connectivity index (χ3v) is 3.79. The standard InChI is InChI=1S/C13H14O2S/c14-13(15)5-1-3-10-6-7-12-11(9-10)4-2-8-16-12/h1,5-7,9H,2-4,8H2,(H,14,15)/b5-1+. The van der Waals surface area contributed by atoms with E-state index in [-0.39, 0.29) is 0 Å². The Labute approximate surface area is 99.4 Å². The van der Waals surface area contributed by atoms with Crippen molar-refractivity contribution < 1.29 is 9.90 Å². The zero-order chi connectivity index (χ0) is 11.4. The Morgan fingerprint density at radius 1 is 1.50 bits per heavy atom. The van der Waals surface area contributed by atoms with Crippen molar-refractivity contribution in [3.63, 3.8) is 0 Å². The Morgan fingerprint density at radius 3 is 3.19 bits per heavy atom. The third-order valence-electron chi connectivity index (χ3n) is 2.59. The number of carbonyl (C=O) groups is 1. The SMILES string of the molecule is O=C(O)/C=C/Cc1ccc2c(c1)CCCS2. The first kappa shape index (κ1) is 11.3. The van der Waals surface area contributed by atoms with Crippen LogP contribution in [0.15, 0.2) is 35.2 Å². The highest BCUT2D eigenvalue weighted by atomic mass is 32.2. The zero-order valence-corrected chi connectivity index (χ0v) is 9.80. The van der Waals surface area contributed by atoms with Crippen molar-refractivity contribution in [3.05, 3.63) is 41.5 Å². The average Bonchev–Trinajstić information content (AvgIpc) is 2.28. The van der Waals surface area contributed by atoms with Gasteiger partial charge >= 0.3 is 5.97 Å². The molecule has 0 unspecified atom stereocenters. The number of aliphatic carboxylic acids is 1. The summed E-state index contributed by atoms with van der Waals surface area (Å²) >= 11 is 1.91. The molecule has 3 heteroatoms. The van der Waals surface area contributed by atoms with Crippen LogP contribution in [0.5, 0.6) is 0 Å². The van der Waals surface area contributed by atoms with Crippen molar-refractivity contribution in [3.8, 4) is 0 Å². The molecule has 2 nitrogen and oxygen atoms in total. The molecule has 1 aromatic rings. The summed E-state index contributed by atoms with van der Waals surface area (Å²) in [6.45, 7) is 0. The van der Waals surface area contributed by atoms with Crippen LogP contribution in [0.25, 0.3) is 0 Å². The highest BCUT2D eigenvalue weighted by Crippen LogP contribution is 2.30. The van der Waals surface area contributed by atoms with E-state index in [1.54, 1.807) is 6.08 Å². The van der Waals surface area contributed by atoms with Crippen LogP contribution in [0, 0.1) is 0 Å². The molecule has 1 aliphatic rings. The van der Waals surface area contributed by atoms with E-state index in [1.165, 1.54) is 34.3 Å². The van der Waals surface area contributed by atoms with Gasteiger partial charge in [0, 0.05) is 11.0 Å². The van der Waals surface area contributed by atoms with Crippen LogP contribution >= 0.6 is 11.8 Å². The molecule has 0 aliphatic carbocycles. The number of benzene rings is 1. The van der Waals surface area contributed by atoms with Crippen LogP contribution in [0.2, 0.25) is 0 Å². The summed E-state index contributed by atoms with van der Waals surface area (Å²) in [6, 6.07) is 6.44. The lowest BCUT2D eigenvalue weighted by Crippen LogP contribution is -1.99. The normalized spacial score (nSPS) is 15.0. The van der Waals surface area contributed by atoms with E-state index in [0.29, 0.717) is 6.42 Å². The molecule has 1 N–H and O–H groups in total. The molecule has 1 aromatic carbocycles. The maximum atomic E-state index is 10.3. The van der Waals surface area contributed by atoms with Crippen molar-refractivity contribution in [1.82, 2.24) is 0 Å². The van der Waals surface area contributed by atoms with Gasteiger partial charge in [-0.1, -0.05) is 18.2 Å². The summed E-state index contributed by atoms with van der Waals surface area (Å²) in [4.78, 5) is 11.7. The molecule has 0 radical (unpaired) electrons. The molecule has 0 saturated carbocycles. The van der Waals surface area contributed by atoms with Gasteiger partial charge in [0.15, 0.2) is 0 Å². The fourth-order valence-corrected chi connectivity index (χ4v) is 2.86. The smallest absolute Gasteiger partial charge is 0.327 e. The van der Waals surface area contributed by atoms with Crippen LogP contribution in [-0.4, -0.2) is 16.8 Å². The van der Waals surface area contributed by atoms with Crippen LogP contribution < -0.4 is 0 Å². The molecule has 16 heavy (non-hydrogen) atoms. The number of carboxylic acid groups (broad SMARTS) is 1. The van der Waals surface area contributed by atoms with Crippen LogP contribution in [-0.2, 0) is 17.6 Å². The summed E-state index contributed by atoms with van der Waals surface area (Å²) in [6.07, 6.45) is 5.99. The Bertz CT molecular complexity index is 424. The molecule has 84 valence electrons. The maximum Gasteiger partial charge on any atom is 0.327 e. The minimum atomic E-state index is -0.881. The number of hydrogen-bond acceptors (Lipinski definition) is 2. The Morgan fingerprint density at radius 2 is 2.38 bits per heavy atom. The minimum absolute atomic E-state index is 0.699. The van der Waals surface area contributed by atoms with Crippen LogP contribution in [0.3, 0.4) is 0 Å². The molecule has 1 aliphatic heterocycles. The Kier molecular flexibility index (Phi) is 3.67. The predicted octanol–water partition coefficient (Wildman–Crippen LogP) is 2.91. The molecule has 0 aromatic heterocycles. The molecule has 1 heterocycles. The molecular formula is C13H14O2S. The van der Waals surface area contributed by atoms with Crippen LogP contribution in [0.4, 0.5) is 0 Å². The lowest BCUT2D eigenvalue weighted by Gasteiger charge is -2.15. The van der Waals surface area contributed by atoms with Gasteiger partial charge in [0.1, 0.15) is 0 Å². The average molecular weight is 234 g/mol. The molecular weight excluding hydrogens is 220 g/mol. The fraction of sp³-hybridized carbons (Fsp3) is 0.308. The van der Waals surface area contributed by atoms with Gasteiger partial charge in [0.25, 0.3) is 0 Å². The molecule has 0 bridgehead atoms. The molecule has 2 rings (SSSR count). The van der Waals surface area contributed by atoms with E-state index in [4.69, 9.17) is 5.11 Å². The van der Waals surface area contributed by atoms with Gasteiger partial charge in [-0.15, -0.1) is 11.8 Å². The van der Waals surface area contributed by atoms with Gasteiger partial charge in [-0.05, 0) is 42.2 Å². The predicted molar refractivity (Wildman–Crippen MR) is 66.0 cm³/mol. The van der Waals surface area contributed by atoms with Crippen LogP contribution in [0.1, 0.15) is 17.5 Å². The summed E-state index contributed by atoms with van der Waals surface area (Å²) in [7, 11) is 0. The van der Waals surface area contributed by atoms with E-state index >= 15 is 0 Å². The summed E-state index contributed by atoms with van der Waals surface area (Å²) in [5.74, 6) is 0.333. The van der Waals surface area contributed by atoms with Gasteiger partial charge in [-0.25, -0.2) is 4.79 Å². The maximum absolute atomic E-state index is 10.3. The fourth-order valence-electron chi connectivity index (χ4n) is 1.84. The summed E-state index contributed by atoms with van der Waals surface area (Å²) in [5.41, 5.74) is 2.61. The van der Waals surface area contributed by atoms with Gasteiger partial charge in [-0.2, -0.15) is 0 Å². The van der Waals surface area contributed by atoms with E-state index in [2.05, 4.69) is 18.2 Å². The van der Waals surface area contributed by atoms with E-state index in [0.717, 1.165) is 6.42 Å². The first-order valence-corrected chi connectivity index (χ1v) is 6.38. The first-order valence-electron chi connectivity index (χ1n) is 5.40. The second kappa shape index (κ2) is 5.21. The second-order valence-electron chi connectivity index (χ2n) is 3.84. The van der Waals surface area contributed by atoms with Crippen molar-refractivity contribution in [2.24, 2.45) is 0 Å². The van der Waals surface area contributed by atoms with Crippen molar-refractivity contribution >= 4 is 17.7 Å². The van der Waals surface area contributed by atoms with E-state index in [9.17, 15) is 4.79 Å². The monoisotopic (exact) mass is 234 g/mol. The Hall–Kier alpha value is -1.22. The molecule has 0 atom stereocenters. The molecule has 0 spiro atoms. The number of thioether (sulfide) groups is 1. The van der Waals surface area contributed by atoms with E-state index in [1.807, 2.05) is 11.8 Å². The summed E-state index contributed by atoms with van der Waals surface area (Å²) in [5, 5.41) is 8.49. The van der Waals surface area contributed by atoms with Gasteiger partial charge in [0.2, 0.25) is 0 Å². The van der Waals surface area contributed by atoms with Gasteiger partial charge in [-0.3, -0.25) is 0 Å². The van der Waals surface area contributed by atoms with Crippen molar-refractivity contribution in [1.29, 1.82) is 0 Å². The first-order chi connectivity index (χ1) is 7.75. The summed E-state index contributed by atoms with van der Waals surface area (Å²) < 4.78 is 0.